The van der Waals surface area contributed by atoms with Crippen LogP contribution < -0.4 is 22.9 Å². The normalized spacial score (nSPS) is 9.44. The summed E-state index contributed by atoms with van der Waals surface area (Å²) in [6.07, 6.45) is 0. The molecule has 2 aromatic carbocycles. The van der Waals surface area contributed by atoms with Crippen molar-refractivity contribution in [3.63, 3.8) is 0 Å². The molecule has 0 saturated heterocycles. The van der Waals surface area contributed by atoms with E-state index in [1.807, 2.05) is 12.1 Å². The van der Waals surface area contributed by atoms with Crippen molar-refractivity contribution >= 4 is 22.7 Å². The van der Waals surface area contributed by atoms with Gasteiger partial charge < -0.3 is 22.9 Å². The monoisotopic (exact) mass is 248 g/mol. The van der Waals surface area contributed by atoms with Crippen LogP contribution in [0.1, 0.15) is 0 Å². The first-order valence-corrected chi connectivity index (χ1v) is 5.08. The lowest BCUT2D eigenvalue weighted by Crippen LogP contribution is -1.97. The number of benzene rings is 2. The van der Waals surface area contributed by atoms with Gasteiger partial charge in [-0.1, -0.05) is 12.1 Å². The zero-order chi connectivity index (χ0) is 13.7. The first-order chi connectivity index (χ1) is 8.58. The maximum atomic E-state index is 6.00. The van der Waals surface area contributed by atoms with Crippen molar-refractivity contribution in [3.8, 4) is 11.1 Å². The van der Waals surface area contributed by atoms with Crippen LogP contribution in [0.2, 0.25) is 0 Å². The lowest BCUT2D eigenvalue weighted by molar-refractivity contribution is -0.176. The standard InChI is InChI=1S/C12H14N4.H2O2/c13-7-1-3-9(11(15)5-7)10-4-2-8(14)6-12(10)16;1-2/h1-6H,13-16H2;1-2H. The molecule has 0 bridgehead atoms. The molecule has 0 aliphatic rings. The number of hydrogen-bond donors (Lipinski definition) is 6. The van der Waals surface area contributed by atoms with E-state index in [9.17, 15) is 0 Å². The zero-order valence-electron chi connectivity index (χ0n) is 9.67. The van der Waals surface area contributed by atoms with Gasteiger partial charge in [0.1, 0.15) is 0 Å². The van der Waals surface area contributed by atoms with Crippen molar-refractivity contribution in [1.29, 1.82) is 0 Å². The third-order valence-electron chi connectivity index (χ3n) is 2.44. The fraction of sp³-hybridized carbons (Fsp3) is 0. The number of nitrogen functional groups attached to an aromatic ring is 4. The Morgan fingerprint density at radius 3 is 1.22 bits per heavy atom. The van der Waals surface area contributed by atoms with Gasteiger partial charge in [-0.2, -0.15) is 0 Å². The molecule has 0 spiro atoms. The van der Waals surface area contributed by atoms with Crippen LogP contribution >= 0.6 is 0 Å². The molecule has 0 atom stereocenters. The molecule has 0 heterocycles. The number of hydrogen-bond acceptors (Lipinski definition) is 6. The van der Waals surface area contributed by atoms with Gasteiger partial charge in [-0.05, 0) is 24.3 Å². The smallest absolute Gasteiger partial charge is 0.0415 e. The molecule has 18 heavy (non-hydrogen) atoms. The van der Waals surface area contributed by atoms with Crippen molar-refractivity contribution in [1.82, 2.24) is 0 Å². The summed E-state index contributed by atoms with van der Waals surface area (Å²) >= 11 is 0. The lowest BCUT2D eigenvalue weighted by atomic mass is 10.0. The third-order valence-corrected chi connectivity index (χ3v) is 2.44. The van der Waals surface area contributed by atoms with E-state index in [0.29, 0.717) is 22.7 Å². The number of rotatable bonds is 1. The van der Waals surface area contributed by atoms with E-state index in [1.165, 1.54) is 0 Å². The minimum atomic E-state index is 0.608. The Bertz CT molecular complexity index is 494. The summed E-state index contributed by atoms with van der Waals surface area (Å²) in [5.74, 6) is 0. The van der Waals surface area contributed by atoms with Crippen LogP contribution in [0.25, 0.3) is 11.1 Å². The SMILES string of the molecule is Nc1ccc(-c2ccc(N)cc2N)c(N)c1.OO. The van der Waals surface area contributed by atoms with Gasteiger partial charge in [0.05, 0.1) is 0 Å². The van der Waals surface area contributed by atoms with Gasteiger partial charge in [-0.15, -0.1) is 0 Å². The maximum Gasteiger partial charge on any atom is 0.0415 e. The third kappa shape index (κ3) is 2.82. The van der Waals surface area contributed by atoms with Crippen LogP contribution in [-0.2, 0) is 0 Å². The van der Waals surface area contributed by atoms with Gasteiger partial charge in [0, 0.05) is 33.9 Å². The van der Waals surface area contributed by atoms with E-state index in [0.717, 1.165) is 11.1 Å². The molecular weight excluding hydrogens is 232 g/mol. The molecule has 0 aromatic heterocycles. The molecule has 0 fully saturated rings. The quantitative estimate of drug-likeness (QED) is 0.257. The Morgan fingerprint density at radius 2 is 0.944 bits per heavy atom. The van der Waals surface area contributed by atoms with Crippen molar-refractivity contribution < 1.29 is 10.5 Å². The molecule has 0 unspecified atom stereocenters. The summed E-state index contributed by atoms with van der Waals surface area (Å²) in [5, 5.41) is 12.0. The van der Waals surface area contributed by atoms with Crippen molar-refractivity contribution in [3.05, 3.63) is 36.4 Å². The molecule has 10 N–H and O–H groups in total. The molecule has 0 radical (unpaired) electrons. The van der Waals surface area contributed by atoms with Crippen LogP contribution in [0, 0.1) is 0 Å². The second kappa shape index (κ2) is 5.76. The van der Waals surface area contributed by atoms with E-state index >= 15 is 0 Å². The Hall–Kier alpha value is -2.44. The second-order valence-corrected chi connectivity index (χ2v) is 3.69. The largest absolute Gasteiger partial charge is 0.399 e. The van der Waals surface area contributed by atoms with Gasteiger partial charge in [0.25, 0.3) is 0 Å². The van der Waals surface area contributed by atoms with E-state index < -0.39 is 0 Å². The first kappa shape index (κ1) is 13.6. The predicted octanol–water partition coefficient (Wildman–Crippen LogP) is 1.70. The van der Waals surface area contributed by atoms with Gasteiger partial charge in [0.2, 0.25) is 0 Å². The molecule has 96 valence electrons. The van der Waals surface area contributed by atoms with Gasteiger partial charge in [-0.3, -0.25) is 10.5 Å². The van der Waals surface area contributed by atoms with Crippen molar-refractivity contribution in [2.24, 2.45) is 0 Å². The first-order valence-electron chi connectivity index (χ1n) is 5.08. The number of nitrogens with two attached hydrogens (primary N) is 4. The highest BCUT2D eigenvalue weighted by atomic mass is 17.0. The second-order valence-electron chi connectivity index (χ2n) is 3.69. The van der Waals surface area contributed by atoms with Crippen molar-refractivity contribution in [2.75, 3.05) is 22.9 Å². The molecule has 0 aliphatic carbocycles. The van der Waals surface area contributed by atoms with Crippen molar-refractivity contribution in [2.45, 2.75) is 0 Å². The van der Waals surface area contributed by atoms with Crippen LogP contribution in [0.15, 0.2) is 36.4 Å². The Labute approximate surface area is 104 Å². The van der Waals surface area contributed by atoms with E-state index in [2.05, 4.69) is 0 Å². The zero-order valence-corrected chi connectivity index (χ0v) is 9.67. The van der Waals surface area contributed by atoms with E-state index in [4.69, 9.17) is 33.4 Å². The van der Waals surface area contributed by atoms with Gasteiger partial charge in [0.15, 0.2) is 0 Å². The summed E-state index contributed by atoms with van der Waals surface area (Å²) in [4.78, 5) is 0. The topological polar surface area (TPSA) is 145 Å². The van der Waals surface area contributed by atoms with Crippen LogP contribution in [0.3, 0.4) is 0 Å². The van der Waals surface area contributed by atoms with E-state index in [-0.39, 0.29) is 0 Å². The summed E-state index contributed by atoms with van der Waals surface area (Å²) in [5.41, 5.74) is 27.3. The Kier molecular flexibility index (Phi) is 4.36. The minimum absolute atomic E-state index is 0.608. The summed E-state index contributed by atoms with van der Waals surface area (Å²) in [6.45, 7) is 0. The van der Waals surface area contributed by atoms with E-state index in [1.54, 1.807) is 24.3 Å². The number of anilines is 4. The fourth-order valence-corrected chi connectivity index (χ4v) is 1.65. The average molecular weight is 248 g/mol. The van der Waals surface area contributed by atoms with Crippen LogP contribution in [-0.4, -0.2) is 10.5 Å². The highest BCUT2D eigenvalue weighted by Crippen LogP contribution is 2.32. The highest BCUT2D eigenvalue weighted by Gasteiger charge is 2.06. The maximum absolute atomic E-state index is 6.00. The average Bonchev–Trinajstić information content (AvgIpc) is 2.33. The summed E-state index contributed by atoms with van der Waals surface area (Å²) in [6, 6.07) is 10.7. The predicted molar refractivity (Wildman–Crippen MR) is 74.8 cm³/mol. The molecule has 2 rings (SSSR count). The summed E-state index contributed by atoms with van der Waals surface area (Å²) in [7, 11) is 0. The molecule has 0 saturated carbocycles. The molecule has 0 amide bonds. The molecule has 0 aliphatic heterocycles. The molecule has 6 nitrogen and oxygen atoms in total. The minimum Gasteiger partial charge on any atom is -0.399 e. The Balaban J connectivity index is 0.000000771. The molecular formula is C12H16N4O2. The fourth-order valence-electron chi connectivity index (χ4n) is 1.65. The Morgan fingerprint density at radius 1 is 0.611 bits per heavy atom. The van der Waals surface area contributed by atoms with Gasteiger partial charge in [-0.25, -0.2) is 0 Å². The van der Waals surface area contributed by atoms with Crippen LogP contribution in [0.4, 0.5) is 22.7 Å². The highest BCUT2D eigenvalue weighted by molar-refractivity contribution is 5.86. The lowest BCUT2D eigenvalue weighted by Gasteiger charge is -2.10. The summed E-state index contributed by atoms with van der Waals surface area (Å²) < 4.78 is 0. The molecule has 6 heteroatoms. The molecule has 2 aromatic rings. The van der Waals surface area contributed by atoms with Gasteiger partial charge >= 0.3 is 0 Å². The van der Waals surface area contributed by atoms with Crippen LogP contribution in [0.5, 0.6) is 0 Å².